The van der Waals surface area contributed by atoms with Gasteiger partial charge in [-0.3, -0.25) is 9.59 Å². The second-order valence-electron chi connectivity index (χ2n) is 10.3. The van der Waals surface area contributed by atoms with E-state index >= 15 is 0 Å². The van der Waals surface area contributed by atoms with Gasteiger partial charge in [-0.15, -0.1) is 0 Å². The minimum absolute atomic E-state index is 0.00411. The topological polar surface area (TPSA) is 84.0 Å². The van der Waals surface area contributed by atoms with Crippen LogP contribution in [-0.4, -0.2) is 68.1 Å². The highest BCUT2D eigenvalue weighted by atomic mass is 79.9. The van der Waals surface area contributed by atoms with Crippen molar-refractivity contribution in [3.8, 4) is 5.75 Å². The average Bonchev–Trinajstić information content (AvgIpc) is 3.50. The molecule has 3 aliphatic rings. The van der Waals surface area contributed by atoms with E-state index in [2.05, 4.69) is 15.9 Å². The number of carbonyl (C=O) groups is 2. The third kappa shape index (κ3) is 5.17. The van der Waals surface area contributed by atoms with Crippen molar-refractivity contribution in [3.05, 3.63) is 57.6 Å². The van der Waals surface area contributed by atoms with Crippen LogP contribution >= 0.6 is 15.9 Å². The van der Waals surface area contributed by atoms with E-state index in [1.165, 1.54) is 12.1 Å². The van der Waals surface area contributed by atoms with E-state index in [1.54, 1.807) is 17.9 Å². The number of amides is 2. The molecule has 0 aromatic heterocycles. The molecule has 2 aliphatic heterocycles. The van der Waals surface area contributed by atoms with Crippen LogP contribution in [0.5, 0.6) is 5.75 Å². The standard InChI is InChI=1S/C28H33BrN2O5S/c1-3-21-22(6-5-7-24(21)29)28(33)31-13-12-19-15-30(16-25(19)31)27(32)23-14-20(37(34,35)4-2)10-11-26(23)36-17-18-8-9-18/h5-7,10-11,14,18-19,25H,3-4,8-9,12-13,15-17H2,1-2H3/t19-,25+/m0/s1. The molecule has 0 unspecified atom stereocenters. The highest BCUT2D eigenvalue weighted by molar-refractivity contribution is 9.10. The fourth-order valence-corrected chi connectivity index (χ4v) is 7.03. The minimum atomic E-state index is -3.47. The molecule has 1 aliphatic carbocycles. The molecule has 2 atom stereocenters. The van der Waals surface area contributed by atoms with Gasteiger partial charge in [-0.2, -0.15) is 0 Å². The molecule has 7 nitrogen and oxygen atoms in total. The van der Waals surface area contributed by atoms with Gasteiger partial charge >= 0.3 is 0 Å². The van der Waals surface area contributed by atoms with Crippen LogP contribution in [0, 0.1) is 11.8 Å². The third-order valence-corrected chi connectivity index (χ3v) is 10.4. The Morgan fingerprint density at radius 2 is 1.81 bits per heavy atom. The highest BCUT2D eigenvalue weighted by Gasteiger charge is 2.45. The number of rotatable bonds is 8. The summed E-state index contributed by atoms with van der Waals surface area (Å²) in [5.74, 6) is 0.853. The number of benzene rings is 2. The second-order valence-corrected chi connectivity index (χ2v) is 13.4. The Morgan fingerprint density at radius 3 is 2.51 bits per heavy atom. The smallest absolute Gasteiger partial charge is 0.257 e. The van der Waals surface area contributed by atoms with Gasteiger partial charge in [0.05, 0.1) is 28.9 Å². The molecule has 5 rings (SSSR count). The Bertz CT molecular complexity index is 1320. The zero-order chi connectivity index (χ0) is 26.3. The van der Waals surface area contributed by atoms with E-state index in [4.69, 9.17) is 4.74 Å². The molecule has 2 heterocycles. The predicted octanol–water partition coefficient (Wildman–Crippen LogP) is 4.58. The van der Waals surface area contributed by atoms with Gasteiger partial charge in [-0.25, -0.2) is 8.42 Å². The molecule has 198 valence electrons. The van der Waals surface area contributed by atoms with Crippen molar-refractivity contribution in [3.63, 3.8) is 0 Å². The number of nitrogens with zero attached hydrogens (tertiary/aromatic N) is 2. The summed E-state index contributed by atoms with van der Waals surface area (Å²) >= 11 is 3.57. The summed E-state index contributed by atoms with van der Waals surface area (Å²) in [5.41, 5.74) is 1.98. The molecule has 2 amide bonds. The number of hydrogen-bond donors (Lipinski definition) is 0. The molecule has 0 radical (unpaired) electrons. The molecule has 9 heteroatoms. The molecular formula is C28H33BrN2O5S. The lowest BCUT2D eigenvalue weighted by Gasteiger charge is -2.26. The number of hydrogen-bond acceptors (Lipinski definition) is 5. The van der Waals surface area contributed by atoms with Crippen molar-refractivity contribution in [2.75, 3.05) is 32.0 Å². The fraction of sp³-hybridized carbons (Fsp3) is 0.500. The lowest BCUT2D eigenvalue weighted by molar-refractivity contribution is 0.0686. The zero-order valence-corrected chi connectivity index (χ0v) is 23.7. The molecule has 2 aromatic rings. The summed E-state index contributed by atoms with van der Waals surface area (Å²) < 4.78 is 32.0. The van der Waals surface area contributed by atoms with Crippen LogP contribution in [0.4, 0.5) is 0 Å². The van der Waals surface area contributed by atoms with Crippen LogP contribution in [0.1, 0.15) is 59.4 Å². The lowest BCUT2D eigenvalue weighted by atomic mass is 10.0. The van der Waals surface area contributed by atoms with Crippen molar-refractivity contribution in [1.82, 2.24) is 9.80 Å². The van der Waals surface area contributed by atoms with Gasteiger partial charge in [0.15, 0.2) is 9.84 Å². The Balaban J connectivity index is 1.38. The van der Waals surface area contributed by atoms with E-state index in [-0.39, 0.29) is 40.0 Å². The molecular weight excluding hydrogens is 556 g/mol. The molecule has 0 N–H and O–H groups in total. The van der Waals surface area contributed by atoms with Gasteiger partial charge in [-0.1, -0.05) is 35.8 Å². The number of fused-ring (bicyclic) bond motifs is 1. The average molecular weight is 590 g/mol. The first kappa shape index (κ1) is 26.2. The first-order chi connectivity index (χ1) is 17.7. The fourth-order valence-electron chi connectivity index (χ4n) is 5.48. The maximum Gasteiger partial charge on any atom is 0.257 e. The predicted molar refractivity (Wildman–Crippen MR) is 145 cm³/mol. The summed E-state index contributed by atoms with van der Waals surface area (Å²) in [6.07, 6.45) is 3.81. The van der Waals surface area contributed by atoms with Crippen molar-refractivity contribution in [2.45, 2.75) is 50.5 Å². The SMILES string of the molecule is CCc1c(Br)cccc1C(=O)N1CC[C@H]2CN(C(=O)c3cc(S(=O)(=O)CC)ccc3OCC3CC3)C[C@H]21. The van der Waals surface area contributed by atoms with Gasteiger partial charge in [0, 0.05) is 35.6 Å². The largest absolute Gasteiger partial charge is 0.492 e. The van der Waals surface area contributed by atoms with Crippen LogP contribution < -0.4 is 4.74 Å². The van der Waals surface area contributed by atoms with Gasteiger partial charge < -0.3 is 14.5 Å². The van der Waals surface area contributed by atoms with Crippen molar-refractivity contribution in [1.29, 1.82) is 0 Å². The van der Waals surface area contributed by atoms with Crippen LogP contribution in [0.25, 0.3) is 0 Å². The Hall–Kier alpha value is -2.39. The molecule has 3 fully saturated rings. The van der Waals surface area contributed by atoms with Gasteiger partial charge in [-0.05, 0) is 67.5 Å². The molecule has 0 spiro atoms. The van der Waals surface area contributed by atoms with Crippen molar-refractivity contribution >= 4 is 37.6 Å². The van der Waals surface area contributed by atoms with Crippen LogP contribution in [0.15, 0.2) is 45.8 Å². The number of halogens is 1. The van der Waals surface area contributed by atoms with E-state index in [0.29, 0.717) is 43.5 Å². The van der Waals surface area contributed by atoms with E-state index in [9.17, 15) is 18.0 Å². The highest BCUT2D eigenvalue weighted by Crippen LogP contribution is 2.36. The van der Waals surface area contributed by atoms with Crippen LogP contribution in [0.2, 0.25) is 0 Å². The Kier molecular flexibility index (Phi) is 7.38. The minimum Gasteiger partial charge on any atom is -0.492 e. The molecule has 1 saturated carbocycles. The van der Waals surface area contributed by atoms with Gasteiger partial charge in [0.1, 0.15) is 5.75 Å². The Morgan fingerprint density at radius 1 is 1.03 bits per heavy atom. The first-order valence-corrected chi connectivity index (χ1v) is 15.5. The summed E-state index contributed by atoms with van der Waals surface area (Å²) in [5, 5.41) is 0. The van der Waals surface area contributed by atoms with Gasteiger partial charge in [0.2, 0.25) is 0 Å². The number of carbonyl (C=O) groups excluding carboxylic acids is 2. The number of sulfone groups is 1. The second kappa shape index (κ2) is 10.4. The maximum atomic E-state index is 13.8. The monoisotopic (exact) mass is 588 g/mol. The molecule has 37 heavy (non-hydrogen) atoms. The summed E-state index contributed by atoms with van der Waals surface area (Å²) in [6, 6.07) is 10.3. The Labute approximate surface area is 227 Å². The molecule has 2 aromatic carbocycles. The van der Waals surface area contributed by atoms with Crippen molar-refractivity contribution < 1.29 is 22.7 Å². The lowest BCUT2D eigenvalue weighted by Crippen LogP contribution is -2.41. The number of likely N-dealkylation sites (tertiary alicyclic amines) is 2. The van der Waals surface area contributed by atoms with E-state index in [1.807, 2.05) is 30.0 Å². The summed E-state index contributed by atoms with van der Waals surface area (Å²) in [4.78, 5) is 31.2. The molecule has 2 saturated heterocycles. The normalized spacial score (nSPS) is 21.3. The first-order valence-electron chi connectivity index (χ1n) is 13.1. The third-order valence-electron chi connectivity index (χ3n) is 7.89. The zero-order valence-electron chi connectivity index (χ0n) is 21.3. The van der Waals surface area contributed by atoms with Crippen LogP contribution in [-0.2, 0) is 16.3 Å². The quantitative estimate of drug-likeness (QED) is 0.450. The van der Waals surface area contributed by atoms with E-state index < -0.39 is 9.84 Å². The summed E-state index contributed by atoms with van der Waals surface area (Å²) in [7, 11) is -3.47. The number of ether oxygens (including phenoxy) is 1. The van der Waals surface area contributed by atoms with Crippen molar-refractivity contribution in [2.24, 2.45) is 11.8 Å². The summed E-state index contributed by atoms with van der Waals surface area (Å²) in [6.45, 7) is 5.80. The maximum absolute atomic E-state index is 13.8. The van der Waals surface area contributed by atoms with Gasteiger partial charge in [0.25, 0.3) is 11.8 Å². The van der Waals surface area contributed by atoms with E-state index in [0.717, 1.165) is 35.7 Å². The molecule has 0 bridgehead atoms. The van der Waals surface area contributed by atoms with Crippen LogP contribution in [0.3, 0.4) is 0 Å².